The fourth-order valence-electron chi connectivity index (χ4n) is 7.30. The van der Waals surface area contributed by atoms with Crippen molar-refractivity contribution in [2.24, 2.45) is 41.4 Å². The summed E-state index contributed by atoms with van der Waals surface area (Å²) in [6, 6.07) is 3.41. The molecule has 0 aromatic carbocycles. The zero-order valence-electron chi connectivity index (χ0n) is 21.5. The Kier molecular flexibility index (Phi) is 6.42. The number of carbonyl (C=O) groups is 2. The van der Waals surface area contributed by atoms with Crippen LogP contribution in [0, 0.1) is 41.4 Å². The number of H-pyrrole nitrogens is 1. The van der Waals surface area contributed by atoms with Crippen LogP contribution in [0.25, 0.3) is 0 Å². The Morgan fingerprint density at radius 3 is 2.64 bits per heavy atom. The molecule has 2 saturated carbocycles. The smallest absolute Gasteiger partial charge is 0.355 e. The summed E-state index contributed by atoms with van der Waals surface area (Å²) in [7, 11) is 1.48. The molecule has 0 amide bonds. The number of aliphatic hydroxyl groups is 2. The molecule has 4 aliphatic rings. The van der Waals surface area contributed by atoms with Gasteiger partial charge in [0.1, 0.15) is 17.9 Å². The molecule has 196 valence electrons. The standard InChI is InChI=1S/C28H37NO7/c1-13-11-14(2)28(33)17(12-20(34-5)27(32)35-16(13)4)8-9-18-21-22(23(18)28)24(30)15(3)25(21)36-26(31)19-7-6-10-29-19/h6-11,13,15-18,20-25,29-30,33H,12H2,1-5H3/b14-11+/t13-,15-,16+,17-,18+,20+,21+,22?,23+,24-,25-,28+/m1/s1. The lowest BCUT2D eigenvalue weighted by Crippen LogP contribution is -2.65. The van der Waals surface area contributed by atoms with Crippen LogP contribution in [-0.2, 0) is 19.0 Å². The minimum absolute atomic E-state index is 0.0655. The van der Waals surface area contributed by atoms with E-state index in [2.05, 4.69) is 11.1 Å². The molecule has 8 heteroatoms. The number of hydrogen-bond donors (Lipinski definition) is 3. The number of cyclic esters (lactones) is 1. The van der Waals surface area contributed by atoms with Crippen LogP contribution in [0.2, 0.25) is 0 Å². The summed E-state index contributed by atoms with van der Waals surface area (Å²) < 4.78 is 17.1. The Labute approximate surface area is 211 Å². The zero-order chi connectivity index (χ0) is 25.9. The van der Waals surface area contributed by atoms with Gasteiger partial charge < -0.3 is 29.4 Å². The molecule has 1 aromatic rings. The molecular formula is C28H37NO7. The van der Waals surface area contributed by atoms with Crippen molar-refractivity contribution < 1.29 is 34.0 Å². The maximum absolute atomic E-state index is 12.8. The quantitative estimate of drug-likeness (QED) is 0.432. The number of esters is 2. The van der Waals surface area contributed by atoms with Gasteiger partial charge in [0.25, 0.3) is 0 Å². The number of carbonyl (C=O) groups excluding carboxylic acids is 2. The SMILES string of the molecule is CO[C@H]1C[C@H]2C=C[C@H]3[C@H]4C([C@H]3[C@]2(O)/C(C)=C/[C@@H](C)[C@H](C)OC1=O)[C@H](O)[C@@H](C)[C@H]4OC(=O)c1ccc[nH]1. The van der Waals surface area contributed by atoms with Crippen LogP contribution in [0.5, 0.6) is 0 Å². The van der Waals surface area contributed by atoms with Crippen molar-refractivity contribution in [3.63, 3.8) is 0 Å². The topological polar surface area (TPSA) is 118 Å². The van der Waals surface area contributed by atoms with E-state index in [4.69, 9.17) is 14.2 Å². The molecule has 0 bridgehead atoms. The molecule has 36 heavy (non-hydrogen) atoms. The van der Waals surface area contributed by atoms with E-state index in [1.165, 1.54) is 7.11 Å². The Hall–Kier alpha value is -2.42. The Morgan fingerprint density at radius 1 is 1.22 bits per heavy atom. The molecule has 0 saturated heterocycles. The van der Waals surface area contributed by atoms with Crippen LogP contribution < -0.4 is 0 Å². The van der Waals surface area contributed by atoms with Crippen molar-refractivity contribution in [3.8, 4) is 0 Å². The summed E-state index contributed by atoms with van der Waals surface area (Å²) in [6.45, 7) is 7.64. The minimum atomic E-state index is -1.28. The largest absolute Gasteiger partial charge is 0.460 e. The van der Waals surface area contributed by atoms with Crippen molar-refractivity contribution >= 4 is 11.9 Å². The molecule has 2 heterocycles. The Balaban J connectivity index is 1.51. The number of aliphatic hydroxyl groups excluding tert-OH is 1. The number of allylic oxidation sites excluding steroid dienone is 1. The predicted molar refractivity (Wildman–Crippen MR) is 131 cm³/mol. The second kappa shape index (κ2) is 9.15. The van der Waals surface area contributed by atoms with Gasteiger partial charge in [0.05, 0.1) is 11.7 Å². The van der Waals surface area contributed by atoms with Gasteiger partial charge >= 0.3 is 11.9 Å². The van der Waals surface area contributed by atoms with E-state index in [1.54, 1.807) is 18.3 Å². The Morgan fingerprint density at radius 2 is 1.97 bits per heavy atom. The Bertz CT molecular complexity index is 1060. The molecule has 5 rings (SSSR count). The third-order valence-electron chi connectivity index (χ3n) is 9.45. The van der Waals surface area contributed by atoms with E-state index in [1.807, 2.05) is 39.8 Å². The lowest BCUT2D eigenvalue weighted by molar-refractivity contribution is -0.183. The molecule has 3 aliphatic carbocycles. The average Bonchev–Trinajstić information content (AvgIpc) is 3.43. The molecule has 8 nitrogen and oxygen atoms in total. The highest BCUT2D eigenvalue weighted by Gasteiger charge is 2.71. The highest BCUT2D eigenvalue weighted by molar-refractivity contribution is 5.87. The first-order valence-corrected chi connectivity index (χ1v) is 12.9. The minimum Gasteiger partial charge on any atom is -0.460 e. The van der Waals surface area contributed by atoms with E-state index in [9.17, 15) is 19.8 Å². The first kappa shape index (κ1) is 25.2. The van der Waals surface area contributed by atoms with Crippen LogP contribution in [0.1, 0.15) is 44.6 Å². The predicted octanol–water partition coefficient (Wildman–Crippen LogP) is 2.88. The van der Waals surface area contributed by atoms with Crippen molar-refractivity contribution in [2.45, 2.75) is 64.1 Å². The lowest BCUT2D eigenvalue weighted by atomic mass is 9.46. The summed E-state index contributed by atoms with van der Waals surface area (Å²) in [5, 5.41) is 23.8. The number of rotatable bonds is 3. The number of fused-ring (bicyclic) bond motifs is 6. The van der Waals surface area contributed by atoms with Crippen molar-refractivity contribution in [1.29, 1.82) is 0 Å². The van der Waals surface area contributed by atoms with Gasteiger partial charge in [-0.25, -0.2) is 9.59 Å². The van der Waals surface area contributed by atoms with E-state index in [-0.39, 0.29) is 48.0 Å². The van der Waals surface area contributed by atoms with Gasteiger partial charge in [-0.1, -0.05) is 32.1 Å². The van der Waals surface area contributed by atoms with Gasteiger partial charge in [-0.05, 0) is 49.8 Å². The highest BCUT2D eigenvalue weighted by Crippen LogP contribution is 2.66. The van der Waals surface area contributed by atoms with Crippen molar-refractivity contribution in [3.05, 3.63) is 47.8 Å². The van der Waals surface area contributed by atoms with Gasteiger partial charge in [0.2, 0.25) is 0 Å². The van der Waals surface area contributed by atoms with E-state index < -0.39 is 41.8 Å². The molecule has 1 unspecified atom stereocenters. The number of nitrogens with one attached hydrogen (secondary N) is 1. The normalized spacial score (nSPS) is 47.4. The van der Waals surface area contributed by atoms with Crippen LogP contribution in [0.3, 0.4) is 0 Å². The third-order valence-corrected chi connectivity index (χ3v) is 9.45. The average molecular weight is 500 g/mol. The van der Waals surface area contributed by atoms with Gasteiger partial charge in [0.15, 0.2) is 6.10 Å². The number of hydrogen-bond acceptors (Lipinski definition) is 7. The summed E-state index contributed by atoms with van der Waals surface area (Å²) in [6.07, 6.45) is 5.63. The second-order valence-electron chi connectivity index (χ2n) is 11.2. The molecule has 2 fully saturated rings. The van der Waals surface area contributed by atoms with Gasteiger partial charge in [0, 0.05) is 42.9 Å². The highest BCUT2D eigenvalue weighted by atomic mass is 16.6. The van der Waals surface area contributed by atoms with Crippen LogP contribution in [0.4, 0.5) is 0 Å². The summed E-state index contributed by atoms with van der Waals surface area (Å²) in [5.41, 5.74) is -0.0908. The third kappa shape index (κ3) is 3.68. The van der Waals surface area contributed by atoms with Crippen LogP contribution >= 0.6 is 0 Å². The monoisotopic (exact) mass is 499 g/mol. The molecule has 12 atom stereocenters. The zero-order valence-corrected chi connectivity index (χ0v) is 21.5. The first-order chi connectivity index (χ1) is 17.1. The van der Waals surface area contributed by atoms with Gasteiger partial charge in [-0.15, -0.1) is 0 Å². The fraction of sp³-hybridized carbons (Fsp3) is 0.643. The molecule has 1 aliphatic heterocycles. The maximum Gasteiger partial charge on any atom is 0.355 e. The number of ether oxygens (including phenoxy) is 3. The van der Waals surface area contributed by atoms with Crippen LogP contribution in [-0.4, -0.2) is 64.3 Å². The number of aromatic amines is 1. The summed E-state index contributed by atoms with van der Waals surface area (Å²) in [4.78, 5) is 28.4. The molecule has 0 radical (unpaired) electrons. The molecule has 0 spiro atoms. The van der Waals surface area contributed by atoms with Crippen LogP contribution in [0.15, 0.2) is 42.1 Å². The maximum atomic E-state index is 12.8. The molecule has 3 N–H and O–H groups in total. The molecular weight excluding hydrogens is 462 g/mol. The second-order valence-corrected chi connectivity index (χ2v) is 11.2. The van der Waals surface area contributed by atoms with Crippen molar-refractivity contribution in [1.82, 2.24) is 4.98 Å². The van der Waals surface area contributed by atoms with E-state index in [0.29, 0.717) is 5.69 Å². The van der Waals surface area contributed by atoms with Gasteiger partial charge in [-0.2, -0.15) is 0 Å². The van der Waals surface area contributed by atoms with E-state index >= 15 is 0 Å². The number of aromatic nitrogens is 1. The molecule has 1 aromatic heterocycles. The van der Waals surface area contributed by atoms with Gasteiger partial charge in [-0.3, -0.25) is 0 Å². The lowest BCUT2D eigenvalue weighted by Gasteiger charge is -2.61. The summed E-state index contributed by atoms with van der Waals surface area (Å²) >= 11 is 0. The number of methoxy groups -OCH3 is 1. The summed E-state index contributed by atoms with van der Waals surface area (Å²) in [5.74, 6) is -2.32. The fourth-order valence-corrected chi connectivity index (χ4v) is 7.30. The first-order valence-electron chi connectivity index (χ1n) is 12.9. The van der Waals surface area contributed by atoms with E-state index in [0.717, 1.165) is 5.57 Å². The van der Waals surface area contributed by atoms with Crippen molar-refractivity contribution in [2.75, 3.05) is 7.11 Å².